The predicted molar refractivity (Wildman–Crippen MR) is 77.7 cm³/mol. The number of hydrogen-bond acceptors (Lipinski definition) is 4. The van der Waals surface area contributed by atoms with Crippen molar-refractivity contribution in [3.05, 3.63) is 29.7 Å². The first-order chi connectivity index (χ1) is 9.97. The quantitative estimate of drug-likeness (QED) is 0.845. The van der Waals surface area contributed by atoms with Crippen LogP contribution in [0, 0.1) is 6.92 Å². The number of aryl methyl sites for hydroxylation is 1. The molecule has 0 aliphatic carbocycles. The van der Waals surface area contributed by atoms with Gasteiger partial charge in [-0.25, -0.2) is 0 Å². The Morgan fingerprint density at radius 1 is 1.29 bits per heavy atom. The van der Waals surface area contributed by atoms with Gasteiger partial charge in [0, 0.05) is 32.3 Å². The van der Waals surface area contributed by atoms with E-state index in [9.17, 15) is 9.59 Å². The molecule has 1 fully saturated rings. The second-order valence-corrected chi connectivity index (χ2v) is 5.16. The predicted octanol–water partition coefficient (Wildman–Crippen LogP) is 1.22. The number of piperazine rings is 1. The van der Waals surface area contributed by atoms with E-state index in [4.69, 9.17) is 9.52 Å². The lowest BCUT2D eigenvalue weighted by molar-refractivity contribution is -0.143. The summed E-state index contributed by atoms with van der Waals surface area (Å²) < 4.78 is 5.37. The third-order valence-electron chi connectivity index (χ3n) is 3.68. The molecule has 1 unspecified atom stereocenters. The molecule has 0 spiro atoms. The first kappa shape index (κ1) is 15.3. The fourth-order valence-electron chi connectivity index (χ4n) is 2.29. The van der Waals surface area contributed by atoms with E-state index in [1.54, 1.807) is 17.9 Å². The van der Waals surface area contributed by atoms with E-state index in [-0.39, 0.29) is 5.91 Å². The van der Waals surface area contributed by atoms with Crippen LogP contribution in [0.5, 0.6) is 0 Å². The van der Waals surface area contributed by atoms with Crippen LogP contribution in [0.1, 0.15) is 18.4 Å². The molecule has 0 radical (unpaired) electrons. The van der Waals surface area contributed by atoms with E-state index in [1.807, 2.05) is 24.0 Å². The second-order valence-electron chi connectivity index (χ2n) is 5.16. The van der Waals surface area contributed by atoms with Gasteiger partial charge in [-0.1, -0.05) is 0 Å². The maximum Gasteiger partial charge on any atom is 0.320 e. The molecule has 1 aliphatic rings. The van der Waals surface area contributed by atoms with E-state index < -0.39 is 12.0 Å². The molecule has 1 N–H and O–H groups in total. The summed E-state index contributed by atoms with van der Waals surface area (Å²) in [4.78, 5) is 26.6. The Balaban J connectivity index is 1.86. The molecule has 21 heavy (non-hydrogen) atoms. The van der Waals surface area contributed by atoms with Crippen LogP contribution in [0.25, 0.3) is 6.08 Å². The van der Waals surface area contributed by atoms with Crippen molar-refractivity contribution in [1.29, 1.82) is 0 Å². The van der Waals surface area contributed by atoms with Crippen LogP contribution in [0.2, 0.25) is 0 Å². The highest BCUT2D eigenvalue weighted by atomic mass is 16.4. The summed E-state index contributed by atoms with van der Waals surface area (Å²) >= 11 is 0. The van der Waals surface area contributed by atoms with Crippen molar-refractivity contribution in [3.8, 4) is 0 Å². The van der Waals surface area contributed by atoms with Crippen LogP contribution in [0.4, 0.5) is 0 Å². The van der Waals surface area contributed by atoms with Gasteiger partial charge < -0.3 is 14.4 Å². The molecule has 0 bridgehead atoms. The highest BCUT2D eigenvalue weighted by molar-refractivity contribution is 5.91. The minimum absolute atomic E-state index is 0.0771. The average molecular weight is 292 g/mol. The van der Waals surface area contributed by atoms with Gasteiger partial charge in [-0.05, 0) is 32.1 Å². The van der Waals surface area contributed by atoms with Crippen molar-refractivity contribution in [1.82, 2.24) is 9.80 Å². The SMILES string of the molecule is Cc1ccc(C=CC(=O)N2CCN(C(C)C(=O)O)CC2)o1. The van der Waals surface area contributed by atoms with Crippen molar-refractivity contribution < 1.29 is 19.1 Å². The van der Waals surface area contributed by atoms with E-state index in [0.717, 1.165) is 5.76 Å². The van der Waals surface area contributed by atoms with Crippen molar-refractivity contribution in [3.63, 3.8) is 0 Å². The molecule has 2 rings (SSSR count). The Labute approximate surface area is 123 Å². The maximum absolute atomic E-state index is 12.1. The van der Waals surface area contributed by atoms with Crippen LogP contribution >= 0.6 is 0 Å². The van der Waals surface area contributed by atoms with Gasteiger partial charge in [-0.3, -0.25) is 14.5 Å². The first-order valence-electron chi connectivity index (χ1n) is 6.97. The molecule has 0 aromatic carbocycles. The third kappa shape index (κ3) is 3.95. The van der Waals surface area contributed by atoms with E-state index in [2.05, 4.69) is 0 Å². The number of nitrogens with zero attached hydrogens (tertiary/aromatic N) is 2. The fraction of sp³-hybridized carbons (Fsp3) is 0.467. The van der Waals surface area contributed by atoms with Gasteiger partial charge in [0.1, 0.15) is 17.6 Å². The molecule has 1 saturated heterocycles. The number of carbonyl (C=O) groups is 2. The molecule has 1 atom stereocenters. The third-order valence-corrected chi connectivity index (χ3v) is 3.68. The van der Waals surface area contributed by atoms with Gasteiger partial charge in [0.15, 0.2) is 0 Å². The Bertz CT molecular complexity index is 542. The molecule has 2 heterocycles. The molecular formula is C15H20N2O4. The van der Waals surface area contributed by atoms with Crippen LogP contribution < -0.4 is 0 Å². The minimum Gasteiger partial charge on any atom is -0.480 e. The first-order valence-corrected chi connectivity index (χ1v) is 6.97. The molecule has 1 aliphatic heterocycles. The number of furan rings is 1. The molecule has 114 valence electrons. The van der Waals surface area contributed by atoms with Gasteiger partial charge in [-0.15, -0.1) is 0 Å². The normalized spacial score (nSPS) is 18.1. The van der Waals surface area contributed by atoms with Crippen LogP contribution in [-0.4, -0.2) is 59.0 Å². The lowest BCUT2D eigenvalue weighted by Gasteiger charge is -2.36. The van der Waals surface area contributed by atoms with E-state index in [1.165, 1.54) is 6.08 Å². The Hall–Kier alpha value is -2.08. The highest BCUT2D eigenvalue weighted by Gasteiger charge is 2.26. The zero-order valence-corrected chi connectivity index (χ0v) is 12.3. The number of hydrogen-bond donors (Lipinski definition) is 1. The number of aliphatic carboxylic acids is 1. The number of amides is 1. The largest absolute Gasteiger partial charge is 0.480 e. The van der Waals surface area contributed by atoms with Crippen molar-refractivity contribution in [2.24, 2.45) is 0 Å². The Morgan fingerprint density at radius 3 is 2.48 bits per heavy atom. The lowest BCUT2D eigenvalue weighted by Crippen LogP contribution is -2.52. The molecular weight excluding hydrogens is 272 g/mol. The standard InChI is InChI=1S/C15H20N2O4/c1-11-3-4-13(21-11)5-6-14(18)17-9-7-16(8-10-17)12(2)15(19)20/h3-6,12H,7-10H2,1-2H3,(H,19,20). The maximum atomic E-state index is 12.1. The number of carbonyl (C=O) groups excluding carboxylic acids is 1. The Kier molecular flexibility index (Phi) is 4.80. The summed E-state index contributed by atoms with van der Waals surface area (Å²) in [7, 11) is 0. The molecule has 1 aromatic heterocycles. The molecule has 1 aromatic rings. The summed E-state index contributed by atoms with van der Waals surface area (Å²) in [5.41, 5.74) is 0. The van der Waals surface area contributed by atoms with Gasteiger partial charge in [-0.2, -0.15) is 0 Å². The number of carboxylic acids is 1. The Morgan fingerprint density at radius 2 is 1.95 bits per heavy atom. The zero-order valence-electron chi connectivity index (χ0n) is 12.3. The van der Waals surface area contributed by atoms with Gasteiger partial charge in [0.2, 0.25) is 5.91 Å². The summed E-state index contributed by atoms with van der Waals surface area (Å²) in [6.45, 7) is 5.75. The highest BCUT2D eigenvalue weighted by Crippen LogP contribution is 2.10. The summed E-state index contributed by atoms with van der Waals surface area (Å²) in [6.07, 6.45) is 3.15. The van der Waals surface area contributed by atoms with E-state index >= 15 is 0 Å². The number of rotatable bonds is 4. The van der Waals surface area contributed by atoms with Crippen molar-refractivity contribution in [2.75, 3.05) is 26.2 Å². The van der Waals surface area contributed by atoms with Gasteiger partial charge in [0.05, 0.1) is 0 Å². The lowest BCUT2D eigenvalue weighted by atomic mass is 10.2. The van der Waals surface area contributed by atoms with Crippen LogP contribution in [0.3, 0.4) is 0 Å². The summed E-state index contributed by atoms with van der Waals surface area (Å²) in [6, 6.07) is 3.14. The molecule has 6 nitrogen and oxygen atoms in total. The fourth-order valence-corrected chi connectivity index (χ4v) is 2.29. The average Bonchev–Trinajstić information content (AvgIpc) is 2.89. The van der Waals surface area contributed by atoms with Crippen molar-refractivity contribution in [2.45, 2.75) is 19.9 Å². The van der Waals surface area contributed by atoms with Gasteiger partial charge in [0.25, 0.3) is 0 Å². The molecule has 0 saturated carbocycles. The number of carboxylic acid groups (broad SMARTS) is 1. The zero-order chi connectivity index (χ0) is 15.4. The van der Waals surface area contributed by atoms with Crippen molar-refractivity contribution >= 4 is 18.0 Å². The monoisotopic (exact) mass is 292 g/mol. The summed E-state index contributed by atoms with van der Waals surface area (Å²) in [5.74, 6) is 0.548. The second kappa shape index (κ2) is 6.58. The topological polar surface area (TPSA) is 74.0 Å². The van der Waals surface area contributed by atoms with Crippen LogP contribution in [-0.2, 0) is 9.59 Å². The summed E-state index contributed by atoms with van der Waals surface area (Å²) in [5, 5.41) is 8.98. The van der Waals surface area contributed by atoms with E-state index in [0.29, 0.717) is 31.9 Å². The molecule has 1 amide bonds. The molecule has 6 heteroatoms. The van der Waals surface area contributed by atoms with Gasteiger partial charge >= 0.3 is 5.97 Å². The van der Waals surface area contributed by atoms with Crippen LogP contribution in [0.15, 0.2) is 22.6 Å². The minimum atomic E-state index is -0.831. The smallest absolute Gasteiger partial charge is 0.320 e.